The van der Waals surface area contributed by atoms with Gasteiger partial charge in [0, 0.05) is 6.54 Å². The summed E-state index contributed by atoms with van der Waals surface area (Å²) in [6.07, 6.45) is 1.12. The fraction of sp³-hybridized carbons (Fsp3) is 0.533. The van der Waals surface area contributed by atoms with Crippen molar-refractivity contribution in [3.63, 3.8) is 0 Å². The Hall–Kier alpha value is -1.50. The van der Waals surface area contributed by atoms with Gasteiger partial charge in [-0.05, 0) is 31.7 Å². The molecular weight excluding hydrogens is 273 g/mol. The van der Waals surface area contributed by atoms with Crippen LogP contribution in [-0.4, -0.2) is 54.4 Å². The van der Waals surface area contributed by atoms with E-state index in [-0.39, 0.29) is 11.9 Å². The van der Waals surface area contributed by atoms with Crippen molar-refractivity contribution < 1.29 is 13.9 Å². The van der Waals surface area contributed by atoms with Crippen molar-refractivity contribution in [2.45, 2.75) is 19.1 Å². The van der Waals surface area contributed by atoms with E-state index in [4.69, 9.17) is 9.47 Å². The summed E-state index contributed by atoms with van der Waals surface area (Å²) in [6, 6.07) is 4.59. The average Bonchev–Trinajstić information content (AvgIpc) is 2.87. The summed E-state index contributed by atoms with van der Waals surface area (Å²) in [5.74, 6) is 0.597. The minimum atomic E-state index is -0.250. The maximum Gasteiger partial charge on any atom is 0.125 e. The third kappa shape index (κ3) is 3.78. The summed E-state index contributed by atoms with van der Waals surface area (Å²) in [5, 5.41) is 0. The molecule has 1 unspecified atom stereocenters. The first-order valence-corrected chi connectivity index (χ1v) is 7.23. The van der Waals surface area contributed by atoms with Gasteiger partial charge in [-0.25, -0.2) is 9.37 Å². The van der Waals surface area contributed by atoms with Gasteiger partial charge in [0.1, 0.15) is 11.6 Å². The normalized spacial score (nSPS) is 19.5. The topological polar surface area (TPSA) is 50.4 Å². The van der Waals surface area contributed by atoms with Crippen molar-refractivity contribution in [3.05, 3.63) is 29.8 Å². The molecule has 1 fully saturated rings. The van der Waals surface area contributed by atoms with Gasteiger partial charge < -0.3 is 14.5 Å². The third-order valence-corrected chi connectivity index (χ3v) is 3.63. The fourth-order valence-electron chi connectivity index (χ4n) is 2.51. The number of aromatic nitrogens is 2. The quantitative estimate of drug-likeness (QED) is 0.915. The lowest BCUT2D eigenvalue weighted by molar-refractivity contribution is -0.0924. The van der Waals surface area contributed by atoms with Crippen LogP contribution in [0.25, 0.3) is 11.0 Å². The Morgan fingerprint density at radius 2 is 2.33 bits per heavy atom. The molecule has 1 aromatic heterocycles. The number of rotatable bonds is 5. The number of halogens is 1. The lowest BCUT2D eigenvalue weighted by atomic mass is 10.2. The minimum Gasteiger partial charge on any atom is -0.376 e. The summed E-state index contributed by atoms with van der Waals surface area (Å²) in [5.41, 5.74) is 1.53. The highest BCUT2D eigenvalue weighted by Gasteiger charge is 2.15. The molecule has 1 saturated heterocycles. The van der Waals surface area contributed by atoms with Crippen LogP contribution >= 0.6 is 0 Å². The molecule has 0 saturated carbocycles. The number of benzene rings is 1. The molecule has 0 radical (unpaired) electrons. The summed E-state index contributed by atoms with van der Waals surface area (Å²) < 4.78 is 24.2. The Bertz CT molecular complexity index is 596. The van der Waals surface area contributed by atoms with E-state index in [2.05, 4.69) is 14.9 Å². The van der Waals surface area contributed by atoms with Crippen LogP contribution in [-0.2, 0) is 16.0 Å². The summed E-state index contributed by atoms with van der Waals surface area (Å²) in [6.45, 7) is 3.66. The van der Waals surface area contributed by atoms with Gasteiger partial charge in [0.05, 0.1) is 43.5 Å². The molecule has 1 N–H and O–H groups in total. The van der Waals surface area contributed by atoms with Gasteiger partial charge in [-0.15, -0.1) is 0 Å². The monoisotopic (exact) mass is 293 g/mol. The van der Waals surface area contributed by atoms with Crippen LogP contribution < -0.4 is 0 Å². The number of nitrogens with one attached hydrogen (secondary N) is 1. The largest absolute Gasteiger partial charge is 0.376 e. The van der Waals surface area contributed by atoms with Gasteiger partial charge >= 0.3 is 0 Å². The van der Waals surface area contributed by atoms with E-state index in [1.165, 1.54) is 12.1 Å². The number of ether oxygens (including phenoxy) is 2. The molecule has 1 aliphatic heterocycles. The molecule has 0 amide bonds. The molecule has 2 heterocycles. The van der Waals surface area contributed by atoms with Crippen LogP contribution in [0.3, 0.4) is 0 Å². The van der Waals surface area contributed by atoms with Gasteiger partial charge in [-0.2, -0.15) is 0 Å². The predicted octanol–water partition coefficient (Wildman–Crippen LogP) is 1.94. The first kappa shape index (κ1) is 14.4. The van der Waals surface area contributed by atoms with Crippen LogP contribution in [0.15, 0.2) is 18.2 Å². The molecule has 114 valence electrons. The molecule has 0 bridgehead atoms. The molecule has 3 rings (SSSR count). The number of nitrogens with zero attached hydrogens (tertiary/aromatic N) is 2. The van der Waals surface area contributed by atoms with Crippen LogP contribution in [0.5, 0.6) is 0 Å². The van der Waals surface area contributed by atoms with E-state index in [0.717, 1.165) is 29.8 Å². The second-order valence-corrected chi connectivity index (χ2v) is 5.44. The molecule has 5 nitrogen and oxygen atoms in total. The first-order chi connectivity index (χ1) is 10.2. The smallest absolute Gasteiger partial charge is 0.125 e. The second-order valence-electron chi connectivity index (χ2n) is 5.44. The van der Waals surface area contributed by atoms with Crippen LogP contribution in [0.1, 0.15) is 12.2 Å². The van der Waals surface area contributed by atoms with Gasteiger partial charge in [0.2, 0.25) is 0 Å². The minimum absolute atomic E-state index is 0.186. The van der Waals surface area contributed by atoms with Crippen LogP contribution in [0, 0.1) is 5.82 Å². The third-order valence-electron chi connectivity index (χ3n) is 3.63. The van der Waals surface area contributed by atoms with Gasteiger partial charge in [0.25, 0.3) is 0 Å². The second kappa shape index (κ2) is 6.51. The highest BCUT2D eigenvalue weighted by atomic mass is 19.1. The van der Waals surface area contributed by atoms with Crippen molar-refractivity contribution in [2.75, 3.05) is 33.4 Å². The highest BCUT2D eigenvalue weighted by molar-refractivity contribution is 5.74. The molecule has 0 spiro atoms. The molecule has 1 atom stereocenters. The zero-order valence-electron chi connectivity index (χ0n) is 12.1. The molecule has 21 heavy (non-hydrogen) atoms. The van der Waals surface area contributed by atoms with Crippen molar-refractivity contribution >= 4 is 11.0 Å². The zero-order chi connectivity index (χ0) is 14.7. The number of H-pyrrole nitrogens is 1. The predicted molar refractivity (Wildman–Crippen MR) is 77.6 cm³/mol. The van der Waals surface area contributed by atoms with E-state index >= 15 is 0 Å². The zero-order valence-corrected chi connectivity index (χ0v) is 12.1. The highest BCUT2D eigenvalue weighted by Crippen LogP contribution is 2.14. The average molecular weight is 293 g/mol. The Morgan fingerprint density at radius 1 is 1.43 bits per heavy atom. The van der Waals surface area contributed by atoms with E-state index in [9.17, 15) is 4.39 Å². The lowest BCUT2D eigenvalue weighted by Gasteiger charge is -2.25. The molecular formula is C15H20FN3O2. The fourth-order valence-corrected chi connectivity index (χ4v) is 2.51. The van der Waals surface area contributed by atoms with Crippen molar-refractivity contribution in [3.8, 4) is 0 Å². The van der Waals surface area contributed by atoms with Crippen LogP contribution in [0.4, 0.5) is 4.39 Å². The Kier molecular flexibility index (Phi) is 4.48. The van der Waals surface area contributed by atoms with Crippen molar-refractivity contribution in [1.82, 2.24) is 14.9 Å². The lowest BCUT2D eigenvalue weighted by Crippen LogP contribution is -2.32. The van der Waals surface area contributed by atoms with E-state index in [0.29, 0.717) is 26.4 Å². The number of hydrogen-bond donors (Lipinski definition) is 1. The molecule has 6 heteroatoms. The summed E-state index contributed by atoms with van der Waals surface area (Å²) in [4.78, 5) is 9.80. The van der Waals surface area contributed by atoms with E-state index < -0.39 is 0 Å². The maximum absolute atomic E-state index is 13.2. The molecule has 0 aliphatic carbocycles. The Balaban J connectivity index is 1.54. The first-order valence-electron chi connectivity index (χ1n) is 7.23. The van der Waals surface area contributed by atoms with E-state index in [1.54, 1.807) is 6.07 Å². The molecule has 1 aromatic carbocycles. The standard InChI is InChI=1S/C15H20FN3O2/c1-19(5-4-12-10-20-6-7-21-12)9-15-17-13-3-2-11(16)8-14(13)18-15/h2-3,8,12H,4-7,9-10H2,1H3,(H,17,18). The number of fused-ring (bicyclic) bond motifs is 1. The number of hydrogen-bond acceptors (Lipinski definition) is 4. The Morgan fingerprint density at radius 3 is 3.14 bits per heavy atom. The maximum atomic E-state index is 13.2. The number of aromatic amines is 1. The van der Waals surface area contributed by atoms with Gasteiger partial charge in [0.15, 0.2) is 0 Å². The van der Waals surface area contributed by atoms with Crippen molar-refractivity contribution in [1.29, 1.82) is 0 Å². The number of imidazole rings is 1. The van der Waals surface area contributed by atoms with Gasteiger partial charge in [-0.3, -0.25) is 4.90 Å². The summed E-state index contributed by atoms with van der Waals surface area (Å²) in [7, 11) is 2.04. The molecule has 1 aliphatic rings. The summed E-state index contributed by atoms with van der Waals surface area (Å²) >= 11 is 0. The Labute approximate surface area is 123 Å². The molecule has 2 aromatic rings. The van der Waals surface area contributed by atoms with Gasteiger partial charge in [-0.1, -0.05) is 0 Å². The van der Waals surface area contributed by atoms with E-state index in [1.807, 2.05) is 7.05 Å². The van der Waals surface area contributed by atoms with Crippen molar-refractivity contribution in [2.24, 2.45) is 0 Å². The van der Waals surface area contributed by atoms with Crippen LogP contribution in [0.2, 0.25) is 0 Å². The SMILES string of the molecule is CN(CCC1COCCO1)Cc1nc2ccc(F)cc2[nH]1.